The molecule has 1 saturated heterocycles. The molecule has 7 heteroatoms. The van der Waals surface area contributed by atoms with E-state index in [4.69, 9.17) is 0 Å². The number of fused-ring (bicyclic) bond motifs is 1. The molecule has 0 unspecified atom stereocenters. The number of benzene rings is 1. The van der Waals surface area contributed by atoms with Gasteiger partial charge in [-0.15, -0.1) is 0 Å². The number of nitrogens with zero attached hydrogens (tertiary/aromatic N) is 5. The molecule has 6 nitrogen and oxygen atoms in total. The molecule has 1 aromatic carbocycles. The van der Waals surface area contributed by atoms with Crippen molar-refractivity contribution in [2.24, 2.45) is 0 Å². The summed E-state index contributed by atoms with van der Waals surface area (Å²) in [5.74, 6) is -0.258. The Kier molecular flexibility index (Phi) is 4.15. The molecule has 0 aliphatic carbocycles. The van der Waals surface area contributed by atoms with Gasteiger partial charge in [-0.05, 0) is 23.8 Å². The van der Waals surface area contributed by atoms with E-state index in [0.717, 1.165) is 18.7 Å². The highest BCUT2D eigenvalue weighted by Crippen LogP contribution is 2.14. The third-order valence-electron chi connectivity index (χ3n) is 4.46. The normalized spacial score (nSPS) is 15.6. The van der Waals surface area contributed by atoms with Gasteiger partial charge in [0.05, 0.1) is 6.20 Å². The average Bonchev–Trinajstić information content (AvgIpc) is 3.06. The Morgan fingerprint density at radius 1 is 1.16 bits per heavy atom. The molecule has 0 atom stereocenters. The number of halogens is 1. The smallest absolute Gasteiger partial charge is 0.259 e. The SMILES string of the molecule is O=C(c1cnn2cccnc12)N1CCN(Cc2cccc(F)c2)CC1. The molecule has 4 rings (SSSR count). The van der Waals surface area contributed by atoms with Gasteiger partial charge in [0, 0.05) is 45.1 Å². The Labute approximate surface area is 144 Å². The van der Waals surface area contributed by atoms with Gasteiger partial charge in [0.2, 0.25) is 0 Å². The van der Waals surface area contributed by atoms with Crippen molar-refractivity contribution >= 4 is 11.6 Å². The fourth-order valence-corrected chi connectivity index (χ4v) is 3.15. The van der Waals surface area contributed by atoms with Crippen LogP contribution in [0, 0.1) is 5.82 Å². The summed E-state index contributed by atoms with van der Waals surface area (Å²) in [6, 6.07) is 8.43. The van der Waals surface area contributed by atoms with E-state index in [9.17, 15) is 9.18 Å². The molecule has 0 spiro atoms. The molecule has 0 saturated carbocycles. The molecule has 1 aliphatic rings. The first-order chi connectivity index (χ1) is 12.2. The van der Waals surface area contributed by atoms with Crippen LogP contribution in [0.1, 0.15) is 15.9 Å². The van der Waals surface area contributed by atoms with Gasteiger partial charge >= 0.3 is 0 Å². The molecule has 0 N–H and O–H groups in total. The maximum atomic E-state index is 13.3. The lowest BCUT2D eigenvalue weighted by Gasteiger charge is -2.34. The van der Waals surface area contributed by atoms with Gasteiger partial charge in [0.1, 0.15) is 11.4 Å². The van der Waals surface area contributed by atoms with Gasteiger partial charge in [-0.1, -0.05) is 12.1 Å². The van der Waals surface area contributed by atoms with Crippen LogP contribution >= 0.6 is 0 Å². The van der Waals surface area contributed by atoms with Crippen LogP contribution in [0.5, 0.6) is 0 Å². The zero-order chi connectivity index (χ0) is 17.2. The zero-order valence-corrected chi connectivity index (χ0v) is 13.7. The van der Waals surface area contributed by atoms with Gasteiger partial charge in [-0.3, -0.25) is 9.69 Å². The van der Waals surface area contributed by atoms with Crippen molar-refractivity contribution in [2.75, 3.05) is 26.2 Å². The summed E-state index contributed by atoms with van der Waals surface area (Å²) in [7, 11) is 0. The van der Waals surface area contributed by atoms with Crippen LogP contribution in [0.2, 0.25) is 0 Å². The van der Waals surface area contributed by atoms with E-state index < -0.39 is 0 Å². The Morgan fingerprint density at radius 3 is 2.80 bits per heavy atom. The molecule has 2 aromatic heterocycles. The van der Waals surface area contributed by atoms with Crippen molar-refractivity contribution in [3.05, 3.63) is 65.9 Å². The van der Waals surface area contributed by atoms with Gasteiger partial charge < -0.3 is 4.90 Å². The van der Waals surface area contributed by atoms with E-state index in [1.54, 1.807) is 41.3 Å². The second kappa shape index (κ2) is 6.60. The third kappa shape index (κ3) is 3.23. The first-order valence-electron chi connectivity index (χ1n) is 8.25. The summed E-state index contributed by atoms with van der Waals surface area (Å²) >= 11 is 0. The molecule has 1 fully saturated rings. The number of carbonyl (C=O) groups excluding carboxylic acids is 1. The predicted molar refractivity (Wildman–Crippen MR) is 90.6 cm³/mol. The van der Waals surface area contributed by atoms with Crippen LogP contribution < -0.4 is 0 Å². The summed E-state index contributed by atoms with van der Waals surface area (Å²) in [4.78, 5) is 21.0. The maximum absolute atomic E-state index is 13.3. The first-order valence-corrected chi connectivity index (χ1v) is 8.25. The summed E-state index contributed by atoms with van der Waals surface area (Å²) in [6.07, 6.45) is 5.00. The molecule has 3 heterocycles. The Morgan fingerprint density at radius 2 is 2.00 bits per heavy atom. The Balaban J connectivity index is 1.40. The minimum absolute atomic E-state index is 0.0425. The van der Waals surface area contributed by atoms with E-state index >= 15 is 0 Å². The molecule has 0 bridgehead atoms. The fraction of sp³-hybridized carbons (Fsp3) is 0.278. The molecule has 128 valence electrons. The van der Waals surface area contributed by atoms with E-state index in [2.05, 4.69) is 15.0 Å². The van der Waals surface area contributed by atoms with Crippen LogP contribution in [0.3, 0.4) is 0 Å². The monoisotopic (exact) mass is 339 g/mol. The molecule has 3 aromatic rings. The van der Waals surface area contributed by atoms with Crippen molar-refractivity contribution in [1.82, 2.24) is 24.4 Å². The highest BCUT2D eigenvalue weighted by Gasteiger charge is 2.24. The summed E-state index contributed by atoms with van der Waals surface area (Å²) < 4.78 is 14.9. The van der Waals surface area contributed by atoms with Crippen molar-refractivity contribution in [3.63, 3.8) is 0 Å². The Bertz CT molecular complexity index is 901. The number of piperazine rings is 1. The quantitative estimate of drug-likeness (QED) is 0.730. The molecule has 25 heavy (non-hydrogen) atoms. The molecular weight excluding hydrogens is 321 g/mol. The Hall–Kier alpha value is -2.80. The first kappa shape index (κ1) is 15.7. The standard InChI is InChI=1S/C18H18FN5O/c19-15-4-1-3-14(11-15)13-22-7-9-23(10-8-22)18(25)16-12-21-24-6-2-5-20-17(16)24/h1-6,11-12H,7-10,13H2. The van der Waals surface area contributed by atoms with E-state index in [0.29, 0.717) is 30.8 Å². The second-order valence-electron chi connectivity index (χ2n) is 6.14. The molecule has 1 amide bonds. The topological polar surface area (TPSA) is 53.7 Å². The lowest BCUT2D eigenvalue weighted by atomic mass is 10.2. The maximum Gasteiger partial charge on any atom is 0.259 e. The summed E-state index contributed by atoms with van der Waals surface area (Å²) in [6.45, 7) is 3.48. The molecule has 0 radical (unpaired) electrons. The van der Waals surface area contributed by atoms with Crippen LogP contribution in [-0.2, 0) is 6.54 Å². The average molecular weight is 339 g/mol. The van der Waals surface area contributed by atoms with Crippen LogP contribution in [-0.4, -0.2) is 56.5 Å². The number of hydrogen-bond donors (Lipinski definition) is 0. The van der Waals surface area contributed by atoms with Crippen molar-refractivity contribution in [3.8, 4) is 0 Å². The third-order valence-corrected chi connectivity index (χ3v) is 4.46. The lowest BCUT2D eigenvalue weighted by Crippen LogP contribution is -2.48. The lowest BCUT2D eigenvalue weighted by molar-refractivity contribution is 0.0630. The predicted octanol–water partition coefficient (Wildman–Crippen LogP) is 1.83. The van der Waals surface area contributed by atoms with Gasteiger partial charge in [0.25, 0.3) is 5.91 Å². The second-order valence-corrected chi connectivity index (χ2v) is 6.14. The van der Waals surface area contributed by atoms with Crippen LogP contribution in [0.15, 0.2) is 48.9 Å². The van der Waals surface area contributed by atoms with Crippen molar-refractivity contribution < 1.29 is 9.18 Å². The van der Waals surface area contributed by atoms with Gasteiger partial charge in [-0.2, -0.15) is 5.10 Å². The number of hydrogen-bond acceptors (Lipinski definition) is 4. The number of aromatic nitrogens is 3. The van der Waals surface area contributed by atoms with Crippen LogP contribution in [0.4, 0.5) is 4.39 Å². The minimum Gasteiger partial charge on any atom is -0.336 e. The van der Waals surface area contributed by atoms with Crippen molar-refractivity contribution in [2.45, 2.75) is 6.54 Å². The van der Waals surface area contributed by atoms with E-state index in [-0.39, 0.29) is 11.7 Å². The summed E-state index contributed by atoms with van der Waals surface area (Å²) in [5.41, 5.74) is 2.06. The minimum atomic E-state index is -0.216. The number of amides is 1. The highest BCUT2D eigenvalue weighted by atomic mass is 19.1. The zero-order valence-electron chi connectivity index (χ0n) is 13.7. The number of rotatable bonds is 3. The van der Waals surface area contributed by atoms with Gasteiger partial charge in [-0.25, -0.2) is 13.9 Å². The van der Waals surface area contributed by atoms with E-state index in [1.165, 1.54) is 6.07 Å². The molecular formula is C18H18FN5O. The molecule has 1 aliphatic heterocycles. The largest absolute Gasteiger partial charge is 0.336 e. The summed E-state index contributed by atoms with van der Waals surface area (Å²) in [5, 5.41) is 4.17. The van der Waals surface area contributed by atoms with Crippen LogP contribution in [0.25, 0.3) is 5.65 Å². The highest BCUT2D eigenvalue weighted by molar-refractivity contribution is 5.99. The van der Waals surface area contributed by atoms with E-state index in [1.807, 2.05) is 11.0 Å². The fourth-order valence-electron chi connectivity index (χ4n) is 3.15. The number of carbonyl (C=O) groups is 1. The van der Waals surface area contributed by atoms with Crippen molar-refractivity contribution in [1.29, 1.82) is 0 Å². The van der Waals surface area contributed by atoms with Gasteiger partial charge in [0.15, 0.2) is 5.65 Å².